The molecule has 10 aromatic rings. The van der Waals surface area contributed by atoms with E-state index in [2.05, 4.69) is 106 Å². The molecule has 4 unspecified atom stereocenters. The molecule has 12 heterocycles. The topological polar surface area (TPSA) is 407 Å². The Labute approximate surface area is 881 Å². The molecule has 0 saturated carbocycles. The van der Waals surface area contributed by atoms with Crippen LogP contribution in [0.25, 0.3) is 45.0 Å². The van der Waals surface area contributed by atoms with Crippen molar-refractivity contribution < 1.29 is 99.0 Å². The molecule has 0 radical (unpaired) electrons. The Morgan fingerprint density at radius 2 is 0.780 bits per heavy atom. The number of imidazole rings is 4. The molecule has 6 aromatic carbocycles. The number of piperidine rings is 2. The van der Waals surface area contributed by atoms with Crippen molar-refractivity contribution in [3.05, 3.63) is 202 Å². The highest BCUT2D eigenvalue weighted by atomic mass is 35.5. The molecule has 8 aliphatic rings. The Kier molecular flexibility index (Phi) is 36.5. The lowest BCUT2D eigenvalue weighted by molar-refractivity contribution is -0.145. The van der Waals surface area contributed by atoms with E-state index in [9.17, 15) is 70.6 Å². The summed E-state index contributed by atoms with van der Waals surface area (Å²) in [6.45, 7) is 26.4. The number of carboxylic acids is 1. The van der Waals surface area contributed by atoms with Crippen LogP contribution in [-0.4, -0.2) is 190 Å². The number of hydrogen-bond donors (Lipinski definition) is 8. The number of carbonyl (C=O) groups is 10. The number of esters is 1. The number of nitrogens with zero attached hydrogens (tertiary/aromatic N) is 9. The van der Waals surface area contributed by atoms with Gasteiger partial charge in [-0.1, -0.05) is 108 Å². The molecule has 8 N–H and O–H groups in total. The Morgan fingerprint density at radius 3 is 1.16 bits per heavy atom. The first-order valence-electron chi connectivity index (χ1n) is 51.5. The summed E-state index contributed by atoms with van der Waals surface area (Å²) in [5.41, 5.74) is 6.45. The van der Waals surface area contributed by atoms with Gasteiger partial charge < -0.3 is 83.3 Å². The third-order valence-electron chi connectivity index (χ3n) is 27.7. The van der Waals surface area contributed by atoms with Gasteiger partial charge in [-0.2, -0.15) is 0 Å². The minimum Gasteiger partial charge on any atom is -0.481 e. The molecule has 8 amide bonds. The number of aromatic nitrogens is 8. The number of anilines is 6. The molecule has 42 heteroatoms. The number of carbonyl (C=O) groups excluding carboxylic acids is 9. The average Bonchev–Trinajstić information content (AvgIpc) is 1.48. The molecule has 2 spiro atoms. The van der Waals surface area contributed by atoms with Crippen molar-refractivity contribution in [3.8, 4) is 45.0 Å². The zero-order valence-corrected chi connectivity index (χ0v) is 90.8. The van der Waals surface area contributed by atoms with E-state index in [0.29, 0.717) is 255 Å². The zero-order chi connectivity index (χ0) is 107. The number of carboxylic acid groups (broad SMARTS) is 1. The van der Waals surface area contributed by atoms with E-state index >= 15 is 0 Å². The van der Waals surface area contributed by atoms with Crippen molar-refractivity contribution >= 4 is 141 Å². The highest BCUT2D eigenvalue weighted by Crippen LogP contribution is 2.48. The lowest BCUT2D eigenvalue weighted by Crippen LogP contribution is -2.54. The van der Waals surface area contributed by atoms with Gasteiger partial charge in [-0.25, -0.2) is 47.1 Å². The van der Waals surface area contributed by atoms with Crippen LogP contribution in [0, 0.1) is 23.3 Å². The average molecular weight is 2160 g/mol. The standard InChI is InChI=1S/C34H41ClFN5O5Si.C28H27ClFN5O4.C24H34FN3O4Si.C22H30FN3O4Si/c1-47(2,3)16-15-45-21-41-19-29-24-11-10-23(36)18-28(24)37-30(42)8-5-4-7-25(31(41)38-29)32(43)40-14-6-13-34(20-40)26-17-22(35)9-12-27(26)39-33(44)46-34;29-16-6-9-21-20(12-16)28(39-27(38)34-21)10-3-11-35(15-28)26(37)19-4-1-2-5-24(36)32-22-13-17(30)7-8-18(22)23-14-31-25(19)33-23;1-5-32-24(30)19-8-6-7-9-22(29)26-20-14-17(25)10-11-18(20)21-15-28(23(19)27-21)16-31-12-13-33(2,3)4;1-31(2,3)11-10-30-14-26-13-19-16-9-8-15(23)12-18(16)24-20(27)7-5-4-6-17(22(28)29)21(26)25-19/h9-12,17-19,25H,4-8,13-16,20-21H2,1-3H3,(H,37,42)(H,39,44);6-9,12-14,19H,1-5,10-11,15H2,(H,31,33)(H,32,36)(H,34,38);10-11,14-15,19H,5-9,12-13,16H2,1-4H3,(H,26,29);8-9,12-13,17H,4-7,10-11,14H2,1-3H3,(H,24,27)(H,28,29)/t25?,34-;19?,28-;;/m00../s1. The first kappa shape index (κ1) is 111. The van der Waals surface area contributed by atoms with Crippen LogP contribution >= 0.6 is 23.2 Å². The second kappa shape index (κ2) is 49.1. The molecule has 2 fully saturated rings. The molecular weight excluding hydrogens is 2020 g/mol. The molecule has 2 saturated heterocycles. The van der Waals surface area contributed by atoms with Gasteiger partial charge >= 0.3 is 24.1 Å². The van der Waals surface area contributed by atoms with Crippen molar-refractivity contribution in [3.63, 3.8) is 0 Å². The summed E-state index contributed by atoms with van der Waals surface area (Å²) in [6, 6.07) is 30.2. The number of hydrogen-bond acceptors (Lipinski definition) is 20. The van der Waals surface area contributed by atoms with Crippen LogP contribution in [-0.2, 0) is 98.2 Å². The van der Waals surface area contributed by atoms with E-state index in [1.807, 2.05) is 15.3 Å². The maximum Gasteiger partial charge on any atom is 0.412 e. The maximum atomic E-state index is 14.7. The number of nitrogens with one attached hydrogen (secondary N) is 7. The Balaban J connectivity index is 0.000000151. The van der Waals surface area contributed by atoms with Gasteiger partial charge in [0.2, 0.25) is 35.4 Å². The summed E-state index contributed by atoms with van der Waals surface area (Å²) in [5, 5.41) is 27.6. The number of ether oxygens (including phenoxy) is 6. The van der Waals surface area contributed by atoms with Crippen LogP contribution in [0.4, 0.5) is 61.3 Å². The van der Waals surface area contributed by atoms with E-state index < -0.39 is 101 Å². The number of likely N-dealkylation sites (tertiary alicyclic amines) is 2. The highest BCUT2D eigenvalue weighted by molar-refractivity contribution is 6.76. The predicted molar refractivity (Wildman–Crippen MR) is 571 cm³/mol. The SMILES string of the molecule is CCOC(=O)C1CCCCC(=O)Nc2cc(F)ccc2-c2cn(COCC[Si](C)(C)C)c1n2.C[Si](C)(C)CCOCn1cc2nc1C(C(=O)N1CCC[C@@]3(C1)OC(=O)Nc1ccc(Cl)cc13)CCCCC(=O)Nc1cc(F)ccc1-2.C[Si](C)(C)CCOCn1cc2nc1C(C(=O)O)CCCCC(=O)Nc1cc(F)ccc1-2.O=C1CCCCC(C(=O)N2CCC[C@@]3(C2)OC(=O)Nc2ccc(Cl)cc23)c2ncc([nH]2)-c2ccc(F)cc2N1. The van der Waals surface area contributed by atoms with Gasteiger partial charge in [0.15, 0.2) is 11.2 Å². The molecule has 18 rings (SSSR count). The van der Waals surface area contributed by atoms with Crippen LogP contribution in [0.1, 0.15) is 193 Å². The number of aliphatic carboxylic acids is 1. The third kappa shape index (κ3) is 28.8. The van der Waals surface area contributed by atoms with E-state index in [1.54, 1.807) is 101 Å². The van der Waals surface area contributed by atoms with Crippen molar-refractivity contribution in [1.82, 2.24) is 48.4 Å². The minimum absolute atomic E-state index is 0.131. The Morgan fingerprint density at radius 1 is 0.433 bits per heavy atom. The third-order valence-corrected chi connectivity index (χ3v) is 33.3. The number of amides is 8. The smallest absolute Gasteiger partial charge is 0.412 e. The molecular formula is C108H132Cl2F4N16O17Si3. The van der Waals surface area contributed by atoms with Crippen molar-refractivity contribution in [2.75, 3.05) is 84.5 Å². The second-order valence-electron chi connectivity index (χ2n) is 42.9. The minimum atomic E-state index is -1.34. The summed E-state index contributed by atoms with van der Waals surface area (Å²) in [5.74, 6) is -4.84. The normalized spacial score (nSPS) is 20.0. The monoisotopic (exact) mass is 2150 g/mol. The number of benzene rings is 6. The summed E-state index contributed by atoms with van der Waals surface area (Å²) in [7, 11) is -3.83. The van der Waals surface area contributed by atoms with E-state index in [-0.39, 0.29) is 101 Å². The molecule has 0 aliphatic carbocycles. The number of fused-ring (bicyclic) bond motifs is 20. The predicted octanol–water partition coefficient (Wildman–Crippen LogP) is 22.7. The van der Waals surface area contributed by atoms with Crippen LogP contribution < -0.4 is 31.9 Å². The fraction of sp³-hybridized carbons (Fsp3) is 0.463. The van der Waals surface area contributed by atoms with E-state index in [1.165, 1.54) is 48.5 Å². The second-order valence-corrected chi connectivity index (χ2v) is 60.7. The summed E-state index contributed by atoms with van der Waals surface area (Å²) >= 11 is 12.7. The Bertz CT molecular complexity index is 6640. The van der Waals surface area contributed by atoms with Gasteiger partial charge in [0.05, 0.1) is 94.6 Å². The van der Waals surface area contributed by atoms with Crippen molar-refractivity contribution in [2.24, 2.45) is 0 Å². The molecule has 6 atom stereocenters. The molecule has 8 bridgehead atoms. The highest BCUT2D eigenvalue weighted by Gasteiger charge is 2.50. The summed E-state index contributed by atoms with van der Waals surface area (Å²) < 4.78 is 96.7. The van der Waals surface area contributed by atoms with Crippen molar-refractivity contribution in [1.29, 1.82) is 0 Å². The largest absolute Gasteiger partial charge is 0.481 e. The number of H-pyrrole nitrogens is 1. The molecule has 150 heavy (non-hydrogen) atoms. The van der Waals surface area contributed by atoms with Gasteiger partial charge in [-0.15, -0.1) is 0 Å². The first-order chi connectivity index (χ1) is 71.5. The quantitative estimate of drug-likeness (QED) is 0.0115. The Hall–Kier alpha value is -12.7. The molecule has 33 nitrogen and oxygen atoms in total. The maximum absolute atomic E-state index is 14.7. The molecule has 800 valence electrons. The van der Waals surface area contributed by atoms with Crippen molar-refractivity contribution in [2.45, 2.75) is 267 Å². The number of rotatable bonds is 20. The van der Waals surface area contributed by atoms with E-state index in [0.717, 1.165) is 29.3 Å². The summed E-state index contributed by atoms with van der Waals surface area (Å²) in [6.07, 6.45) is 15.7. The first-order valence-corrected chi connectivity index (χ1v) is 63.4. The fourth-order valence-electron chi connectivity index (χ4n) is 19.8. The number of halogens is 6. The van der Waals surface area contributed by atoms with Crippen LogP contribution in [0.3, 0.4) is 0 Å². The van der Waals surface area contributed by atoms with Crippen LogP contribution in [0.15, 0.2) is 134 Å². The molecule has 8 aliphatic heterocycles. The van der Waals surface area contributed by atoms with E-state index in [4.69, 9.17) is 61.6 Å². The fourth-order valence-corrected chi connectivity index (χ4v) is 22.4. The van der Waals surface area contributed by atoms with Gasteiger partial charge in [-0.3, -0.25) is 49.0 Å². The van der Waals surface area contributed by atoms with Gasteiger partial charge in [0.25, 0.3) is 0 Å². The van der Waals surface area contributed by atoms with Gasteiger partial charge in [-0.05, 0) is 211 Å². The van der Waals surface area contributed by atoms with Crippen LogP contribution in [0.2, 0.25) is 87.1 Å². The van der Waals surface area contributed by atoms with Gasteiger partial charge in [0.1, 0.15) is 78.6 Å². The summed E-state index contributed by atoms with van der Waals surface area (Å²) in [4.78, 5) is 154. The van der Waals surface area contributed by atoms with Gasteiger partial charge in [0, 0.05) is 145 Å². The molecule has 4 aromatic heterocycles. The zero-order valence-electron chi connectivity index (χ0n) is 86.3. The lowest BCUT2D eigenvalue weighted by Gasteiger charge is -2.45. The number of aromatic amines is 1. The van der Waals surface area contributed by atoms with Crippen LogP contribution in [0.5, 0.6) is 0 Å². The lowest BCUT2D eigenvalue weighted by atomic mass is 9.83.